The molecule has 0 aliphatic carbocycles. The molecule has 1 aromatic carbocycles. The predicted octanol–water partition coefficient (Wildman–Crippen LogP) is 0.571. The van der Waals surface area contributed by atoms with E-state index in [1.807, 2.05) is 0 Å². The lowest BCUT2D eigenvalue weighted by Crippen LogP contribution is -2.56. The first-order chi connectivity index (χ1) is 49.3. The number of likely N-dealkylation sites (tertiary alicyclic amines) is 1. The number of nitrogens with zero attached hydrogens (tertiary/aromatic N) is 2. The van der Waals surface area contributed by atoms with Crippen molar-refractivity contribution in [3.8, 4) is 0 Å². The Morgan fingerprint density at radius 3 is 1.33 bits per heavy atom. The molecule has 1 saturated heterocycles. The van der Waals surface area contributed by atoms with Crippen molar-refractivity contribution in [2.45, 2.75) is 84.7 Å². The lowest BCUT2D eigenvalue weighted by atomic mass is 10.0. The summed E-state index contributed by atoms with van der Waals surface area (Å²) in [6.45, 7) is 20.8. The molecule has 0 spiro atoms. The standard InChI is InChI=1S/C67H113N5O29S/c1-52(2)63(70-60(73)48-71-58(50-98-44-45-102(80,81)82)47-59(66(71)78)72-61(74)11-12-62(72)75)65(77)68-54(5)64(76)69-57-10-9-56(49-101-67(79)53(3)4)55(46-57)8-7-13-84-16-17-86-20-21-88-24-25-90-26-27-91-28-29-92-30-31-93-33-35-95-37-39-97-41-43-100-51-99-42-40-96-38-36-94-34-32-89-23-22-87-19-18-85-15-14-83-6/h9-12,46,52-54,58-59,63H,7-8,13-45,47-51H2,1-6H3,(H,68,77)(H,69,76)(H,70,73)(H,80,81,82)/t54-,58-,59-,63-/m0/s1. The van der Waals surface area contributed by atoms with Crippen molar-refractivity contribution in [1.29, 1.82) is 0 Å². The summed E-state index contributed by atoms with van der Waals surface area (Å²) < 4.78 is 136. The van der Waals surface area contributed by atoms with Gasteiger partial charge in [-0.1, -0.05) is 33.8 Å². The van der Waals surface area contributed by atoms with Gasteiger partial charge >= 0.3 is 5.97 Å². The summed E-state index contributed by atoms with van der Waals surface area (Å²) in [5.74, 6) is -6.22. The molecule has 0 radical (unpaired) electrons. The summed E-state index contributed by atoms with van der Waals surface area (Å²) in [6.07, 6.45) is 2.98. The zero-order valence-corrected chi connectivity index (χ0v) is 61.1. The maximum absolute atomic E-state index is 13.7. The van der Waals surface area contributed by atoms with E-state index in [1.54, 1.807) is 53.0 Å². The van der Waals surface area contributed by atoms with Gasteiger partial charge in [0.05, 0.1) is 236 Å². The van der Waals surface area contributed by atoms with Gasteiger partial charge in [-0.3, -0.25) is 43.0 Å². The molecule has 0 unspecified atom stereocenters. The third kappa shape index (κ3) is 43.8. The number of imide groups is 1. The van der Waals surface area contributed by atoms with E-state index >= 15 is 0 Å². The monoisotopic (exact) mass is 1480 g/mol. The third-order valence-corrected chi connectivity index (χ3v) is 15.3. The van der Waals surface area contributed by atoms with E-state index in [4.69, 9.17) is 94.6 Å². The minimum atomic E-state index is -4.36. The van der Waals surface area contributed by atoms with Gasteiger partial charge in [0.15, 0.2) is 0 Å². The number of methoxy groups -OCH3 is 1. The first kappa shape index (κ1) is 90.9. The molecule has 2 aliphatic heterocycles. The van der Waals surface area contributed by atoms with E-state index in [2.05, 4.69) is 16.0 Å². The molecule has 6 amide bonds. The number of benzene rings is 1. The average Bonchev–Trinajstić information content (AvgIpc) is 1.63. The van der Waals surface area contributed by atoms with Crippen LogP contribution in [0.1, 0.15) is 58.6 Å². The lowest BCUT2D eigenvalue weighted by molar-refractivity contribution is -0.148. The molecule has 4 atom stereocenters. The SMILES string of the molecule is COCCOCCOCCOCCOCCOCCOCOCCOCCOCCOCCOCCOCCOCCOCCOCCOCCCc1cc(NC(=O)[C@H](C)NC(=O)[C@@H](NC(=O)CN2C(=O)[C@@H](N3C(=O)C=CC3=O)C[C@H]2COCCS(=O)(=O)O)C(C)C)ccc1COC(=O)C(C)C. The summed E-state index contributed by atoms with van der Waals surface area (Å²) >= 11 is 0. The van der Waals surface area contributed by atoms with Gasteiger partial charge in [-0.15, -0.1) is 0 Å². The van der Waals surface area contributed by atoms with E-state index in [9.17, 15) is 42.0 Å². The minimum Gasteiger partial charge on any atom is -0.461 e. The number of hydrogen-bond donors (Lipinski definition) is 4. The van der Waals surface area contributed by atoms with Gasteiger partial charge in [0.1, 0.15) is 31.5 Å². The second-order valence-electron chi connectivity index (χ2n) is 23.5. The van der Waals surface area contributed by atoms with Crippen LogP contribution in [-0.2, 0) is 147 Å². The number of amides is 6. The van der Waals surface area contributed by atoms with Crippen LogP contribution in [0.25, 0.3) is 0 Å². The van der Waals surface area contributed by atoms with Crippen molar-refractivity contribution in [2.75, 3.05) is 250 Å². The van der Waals surface area contributed by atoms with Gasteiger partial charge in [-0.05, 0) is 48.9 Å². The summed E-state index contributed by atoms with van der Waals surface area (Å²) in [5.41, 5.74) is 1.93. The van der Waals surface area contributed by atoms with Gasteiger partial charge in [0, 0.05) is 38.0 Å². The van der Waals surface area contributed by atoms with Gasteiger partial charge in [0.2, 0.25) is 23.6 Å². The highest BCUT2D eigenvalue weighted by Gasteiger charge is 2.47. The Hall–Kier alpha value is -5.36. The van der Waals surface area contributed by atoms with Crippen molar-refractivity contribution in [3.05, 3.63) is 41.5 Å². The Kier molecular flexibility index (Phi) is 51.6. The van der Waals surface area contributed by atoms with Crippen LogP contribution in [0.3, 0.4) is 0 Å². The van der Waals surface area contributed by atoms with E-state index < -0.39 is 94.6 Å². The third-order valence-electron chi connectivity index (χ3n) is 14.6. The van der Waals surface area contributed by atoms with Crippen molar-refractivity contribution in [2.24, 2.45) is 11.8 Å². The Labute approximate surface area is 599 Å². The van der Waals surface area contributed by atoms with Crippen LogP contribution in [0.15, 0.2) is 30.4 Å². The normalized spacial score (nSPS) is 15.4. The number of esters is 1. The maximum Gasteiger partial charge on any atom is 0.308 e. The Bertz CT molecular complexity index is 2590. The highest BCUT2D eigenvalue weighted by molar-refractivity contribution is 7.85. The first-order valence-corrected chi connectivity index (χ1v) is 36.2. The second-order valence-corrected chi connectivity index (χ2v) is 25.0. The number of anilines is 1. The van der Waals surface area contributed by atoms with Gasteiger partial charge < -0.3 is 111 Å². The fourth-order valence-electron chi connectivity index (χ4n) is 9.22. The van der Waals surface area contributed by atoms with Crippen LogP contribution >= 0.6 is 0 Å². The predicted molar refractivity (Wildman–Crippen MR) is 365 cm³/mol. The average molecular weight is 1480 g/mol. The number of rotatable bonds is 68. The van der Waals surface area contributed by atoms with Crippen LogP contribution in [0, 0.1) is 11.8 Å². The van der Waals surface area contributed by atoms with Crippen LogP contribution in [0.2, 0.25) is 0 Å². The number of aryl methyl sites for hydroxylation is 1. The number of carbonyl (C=O) groups is 7. The van der Waals surface area contributed by atoms with E-state index in [0.29, 0.717) is 223 Å². The Balaban J connectivity index is 1.15. The molecule has 102 heavy (non-hydrogen) atoms. The molecule has 4 N–H and O–H groups in total. The number of nitrogens with one attached hydrogen (secondary N) is 3. The zero-order valence-electron chi connectivity index (χ0n) is 60.3. The molecular weight excluding hydrogens is 1370 g/mol. The summed E-state index contributed by atoms with van der Waals surface area (Å²) in [6, 6.07) is 0.677. The van der Waals surface area contributed by atoms with Gasteiger partial charge in [0.25, 0.3) is 21.9 Å². The molecule has 0 saturated carbocycles. The molecule has 2 heterocycles. The number of carbonyl (C=O) groups excluding carboxylic acids is 7. The Morgan fingerprint density at radius 1 is 0.520 bits per heavy atom. The van der Waals surface area contributed by atoms with Crippen LogP contribution < -0.4 is 16.0 Å². The molecule has 2 aliphatic rings. The molecule has 1 fully saturated rings. The van der Waals surface area contributed by atoms with Crippen molar-refractivity contribution in [3.63, 3.8) is 0 Å². The van der Waals surface area contributed by atoms with Crippen LogP contribution in [-0.4, -0.2) is 333 Å². The van der Waals surface area contributed by atoms with E-state index in [-0.39, 0.29) is 38.3 Å². The highest BCUT2D eigenvalue weighted by Crippen LogP contribution is 2.27. The smallest absolute Gasteiger partial charge is 0.308 e. The molecule has 0 aromatic heterocycles. The Morgan fingerprint density at radius 2 is 0.931 bits per heavy atom. The van der Waals surface area contributed by atoms with Gasteiger partial charge in [-0.25, -0.2) is 0 Å². The molecular formula is C67H113N5O29S. The topological polar surface area (TPSA) is 392 Å². The van der Waals surface area contributed by atoms with Crippen LogP contribution in [0.5, 0.6) is 0 Å². The fourth-order valence-corrected chi connectivity index (χ4v) is 9.55. The highest BCUT2D eigenvalue weighted by atomic mass is 32.2. The second kappa shape index (κ2) is 57.9. The fraction of sp³-hybridized carbons (Fsp3) is 0.776. The number of hydrogen-bond acceptors (Lipinski definition) is 28. The van der Waals surface area contributed by atoms with Crippen molar-refractivity contribution < 1.29 is 137 Å². The largest absolute Gasteiger partial charge is 0.461 e. The quantitative estimate of drug-likeness (QED) is 0.0228. The van der Waals surface area contributed by atoms with E-state index in [1.165, 1.54) is 6.92 Å². The maximum atomic E-state index is 13.7. The van der Waals surface area contributed by atoms with Crippen molar-refractivity contribution in [1.82, 2.24) is 20.4 Å². The summed E-state index contributed by atoms with van der Waals surface area (Å²) in [4.78, 5) is 93.6. The van der Waals surface area contributed by atoms with Crippen molar-refractivity contribution >= 4 is 57.2 Å². The first-order valence-electron chi connectivity index (χ1n) is 34.6. The minimum absolute atomic E-state index is 0.00653. The molecule has 34 nitrogen and oxygen atoms in total. The summed E-state index contributed by atoms with van der Waals surface area (Å²) in [5, 5.41) is 8.06. The molecule has 586 valence electrons. The lowest BCUT2D eigenvalue weighted by Gasteiger charge is -2.27. The van der Waals surface area contributed by atoms with Gasteiger partial charge in [-0.2, -0.15) is 8.42 Å². The zero-order chi connectivity index (χ0) is 74.3. The summed E-state index contributed by atoms with van der Waals surface area (Å²) in [7, 11) is -2.73. The number of ether oxygens (including phenoxy) is 19. The van der Waals surface area contributed by atoms with E-state index in [0.717, 1.165) is 33.1 Å². The molecule has 0 bridgehead atoms. The molecule has 3 rings (SSSR count). The molecule has 1 aromatic rings. The van der Waals surface area contributed by atoms with Crippen LogP contribution in [0.4, 0.5) is 5.69 Å². The molecule has 35 heteroatoms.